The summed E-state index contributed by atoms with van der Waals surface area (Å²) in [5.41, 5.74) is 2.00. The maximum atomic E-state index is 12.0. The van der Waals surface area contributed by atoms with E-state index in [2.05, 4.69) is 11.4 Å². The minimum absolute atomic E-state index is 0.0697. The Morgan fingerprint density at radius 2 is 1.96 bits per heavy atom. The van der Waals surface area contributed by atoms with Crippen molar-refractivity contribution in [1.82, 2.24) is 10.2 Å². The molecule has 0 saturated heterocycles. The zero-order chi connectivity index (χ0) is 20.0. The molecule has 2 amide bonds. The SMILES string of the molecule is CN(C)C(=O)CCCOc1ccc2c(c1)C[C@@H](NC(=O)OC(C)(C)C)CC2. The van der Waals surface area contributed by atoms with Crippen LogP contribution in [0.1, 0.15) is 51.2 Å². The van der Waals surface area contributed by atoms with Crippen LogP contribution in [-0.2, 0) is 22.4 Å². The lowest BCUT2D eigenvalue weighted by atomic mass is 9.88. The van der Waals surface area contributed by atoms with Crippen molar-refractivity contribution in [3.8, 4) is 5.75 Å². The van der Waals surface area contributed by atoms with Gasteiger partial charge in [-0.25, -0.2) is 4.79 Å². The summed E-state index contributed by atoms with van der Waals surface area (Å²) in [5, 5.41) is 2.97. The second-order valence-electron chi connectivity index (χ2n) is 8.26. The van der Waals surface area contributed by atoms with Crippen LogP contribution in [0.25, 0.3) is 0 Å². The number of carbonyl (C=O) groups is 2. The quantitative estimate of drug-likeness (QED) is 0.774. The molecule has 0 aliphatic heterocycles. The Hall–Kier alpha value is -2.24. The summed E-state index contributed by atoms with van der Waals surface area (Å²) in [4.78, 5) is 25.2. The van der Waals surface area contributed by atoms with E-state index >= 15 is 0 Å². The number of aryl methyl sites for hydroxylation is 1. The van der Waals surface area contributed by atoms with E-state index in [1.807, 2.05) is 32.9 Å². The summed E-state index contributed by atoms with van der Waals surface area (Å²) in [5.74, 6) is 0.920. The molecule has 0 aromatic heterocycles. The Kier molecular flexibility index (Phi) is 7.11. The molecule has 0 unspecified atom stereocenters. The van der Waals surface area contributed by atoms with Gasteiger partial charge in [0.2, 0.25) is 5.91 Å². The number of ether oxygens (including phenoxy) is 2. The molecule has 1 atom stereocenters. The van der Waals surface area contributed by atoms with Gasteiger partial charge in [-0.3, -0.25) is 4.79 Å². The summed E-state index contributed by atoms with van der Waals surface area (Å²) in [6.45, 7) is 6.09. The van der Waals surface area contributed by atoms with Gasteiger partial charge in [0.1, 0.15) is 11.4 Å². The Balaban J connectivity index is 1.85. The molecule has 2 rings (SSSR count). The predicted molar refractivity (Wildman–Crippen MR) is 105 cm³/mol. The van der Waals surface area contributed by atoms with E-state index in [-0.39, 0.29) is 18.0 Å². The summed E-state index contributed by atoms with van der Waals surface area (Å²) in [7, 11) is 3.52. The topological polar surface area (TPSA) is 67.9 Å². The highest BCUT2D eigenvalue weighted by Gasteiger charge is 2.23. The molecule has 6 nitrogen and oxygen atoms in total. The van der Waals surface area contributed by atoms with Gasteiger partial charge in [-0.1, -0.05) is 6.07 Å². The largest absolute Gasteiger partial charge is 0.494 e. The average Bonchev–Trinajstić information content (AvgIpc) is 2.56. The third kappa shape index (κ3) is 7.12. The van der Waals surface area contributed by atoms with E-state index < -0.39 is 5.60 Å². The number of hydrogen-bond donors (Lipinski definition) is 1. The van der Waals surface area contributed by atoms with E-state index in [1.165, 1.54) is 11.1 Å². The first kappa shape index (κ1) is 21.1. The number of amides is 2. The first-order valence-electron chi connectivity index (χ1n) is 9.58. The molecule has 1 N–H and O–H groups in total. The lowest BCUT2D eigenvalue weighted by Crippen LogP contribution is -2.41. The van der Waals surface area contributed by atoms with E-state index in [4.69, 9.17) is 9.47 Å². The van der Waals surface area contributed by atoms with Crippen LogP contribution >= 0.6 is 0 Å². The van der Waals surface area contributed by atoms with Gasteiger partial charge in [-0.15, -0.1) is 0 Å². The number of nitrogens with zero attached hydrogens (tertiary/aromatic N) is 1. The van der Waals surface area contributed by atoms with Crippen molar-refractivity contribution in [3.05, 3.63) is 29.3 Å². The van der Waals surface area contributed by atoms with E-state index in [0.29, 0.717) is 19.4 Å². The van der Waals surface area contributed by atoms with Gasteiger partial charge in [0.05, 0.1) is 6.61 Å². The van der Waals surface area contributed by atoms with Crippen LogP contribution in [0.5, 0.6) is 5.75 Å². The van der Waals surface area contributed by atoms with Crippen LogP contribution < -0.4 is 10.1 Å². The van der Waals surface area contributed by atoms with Gasteiger partial charge >= 0.3 is 6.09 Å². The number of fused-ring (bicyclic) bond motifs is 1. The smallest absolute Gasteiger partial charge is 0.407 e. The highest BCUT2D eigenvalue weighted by atomic mass is 16.6. The minimum atomic E-state index is -0.494. The van der Waals surface area contributed by atoms with Crippen LogP contribution in [0.2, 0.25) is 0 Å². The molecule has 150 valence electrons. The molecule has 1 aliphatic carbocycles. The Labute approximate surface area is 162 Å². The van der Waals surface area contributed by atoms with E-state index in [1.54, 1.807) is 19.0 Å². The van der Waals surface area contributed by atoms with Crippen LogP contribution in [0.4, 0.5) is 4.79 Å². The van der Waals surface area contributed by atoms with Gasteiger partial charge in [0.15, 0.2) is 0 Å². The van der Waals surface area contributed by atoms with Crippen molar-refractivity contribution in [2.45, 2.75) is 64.5 Å². The monoisotopic (exact) mass is 376 g/mol. The first-order chi connectivity index (χ1) is 12.6. The van der Waals surface area contributed by atoms with Crippen molar-refractivity contribution < 1.29 is 19.1 Å². The van der Waals surface area contributed by atoms with Crippen molar-refractivity contribution >= 4 is 12.0 Å². The van der Waals surface area contributed by atoms with Crippen LogP contribution in [-0.4, -0.2) is 49.2 Å². The van der Waals surface area contributed by atoms with Gasteiger partial charge < -0.3 is 19.7 Å². The summed E-state index contributed by atoms with van der Waals surface area (Å²) in [6, 6.07) is 6.19. The molecule has 0 bridgehead atoms. The van der Waals surface area contributed by atoms with E-state index in [9.17, 15) is 9.59 Å². The van der Waals surface area contributed by atoms with Gasteiger partial charge in [-0.2, -0.15) is 0 Å². The summed E-state index contributed by atoms with van der Waals surface area (Å²) < 4.78 is 11.1. The minimum Gasteiger partial charge on any atom is -0.494 e. The molecule has 1 aliphatic rings. The Morgan fingerprint density at radius 1 is 1.22 bits per heavy atom. The first-order valence-corrected chi connectivity index (χ1v) is 9.58. The number of alkyl carbamates (subject to hydrolysis) is 1. The number of nitrogens with one attached hydrogen (secondary N) is 1. The Morgan fingerprint density at radius 3 is 2.63 bits per heavy atom. The normalized spacial score (nSPS) is 16.3. The van der Waals surface area contributed by atoms with Gasteiger partial charge in [0, 0.05) is 26.6 Å². The molecular weight excluding hydrogens is 344 g/mol. The molecule has 0 saturated carbocycles. The molecule has 6 heteroatoms. The zero-order valence-corrected chi connectivity index (χ0v) is 17.1. The van der Waals surface area contributed by atoms with Gasteiger partial charge in [-0.05, 0) is 69.7 Å². The van der Waals surface area contributed by atoms with Crippen molar-refractivity contribution in [3.63, 3.8) is 0 Å². The predicted octanol–water partition coefficient (Wildman–Crippen LogP) is 3.32. The lowest BCUT2D eigenvalue weighted by molar-refractivity contribution is -0.128. The fourth-order valence-corrected chi connectivity index (χ4v) is 3.06. The molecule has 27 heavy (non-hydrogen) atoms. The molecule has 0 fully saturated rings. The maximum absolute atomic E-state index is 12.0. The van der Waals surface area contributed by atoms with Crippen LogP contribution in [0, 0.1) is 0 Å². The molecule has 0 radical (unpaired) electrons. The number of carbonyl (C=O) groups excluding carboxylic acids is 2. The molecule has 1 aromatic rings. The van der Waals surface area contributed by atoms with E-state index in [0.717, 1.165) is 25.0 Å². The van der Waals surface area contributed by atoms with Crippen molar-refractivity contribution in [1.29, 1.82) is 0 Å². The molecule has 0 spiro atoms. The number of hydrogen-bond acceptors (Lipinski definition) is 4. The fraction of sp³-hybridized carbons (Fsp3) is 0.619. The highest BCUT2D eigenvalue weighted by Crippen LogP contribution is 2.26. The Bertz CT molecular complexity index is 665. The number of benzene rings is 1. The fourth-order valence-electron chi connectivity index (χ4n) is 3.06. The summed E-state index contributed by atoms with van der Waals surface area (Å²) >= 11 is 0. The summed E-state index contributed by atoms with van der Waals surface area (Å²) in [6.07, 6.45) is 3.41. The molecular formula is C21H32N2O4. The van der Waals surface area contributed by atoms with Crippen LogP contribution in [0.15, 0.2) is 18.2 Å². The van der Waals surface area contributed by atoms with Crippen molar-refractivity contribution in [2.24, 2.45) is 0 Å². The highest BCUT2D eigenvalue weighted by molar-refractivity contribution is 5.75. The third-order valence-corrected chi connectivity index (χ3v) is 4.43. The number of rotatable bonds is 6. The average molecular weight is 376 g/mol. The lowest BCUT2D eigenvalue weighted by Gasteiger charge is -2.27. The van der Waals surface area contributed by atoms with Crippen LogP contribution in [0.3, 0.4) is 0 Å². The zero-order valence-electron chi connectivity index (χ0n) is 17.1. The van der Waals surface area contributed by atoms with Gasteiger partial charge in [0.25, 0.3) is 0 Å². The van der Waals surface area contributed by atoms with Crippen molar-refractivity contribution in [2.75, 3.05) is 20.7 Å². The third-order valence-electron chi connectivity index (χ3n) is 4.43. The second kappa shape index (κ2) is 9.11. The molecule has 0 heterocycles. The molecule has 1 aromatic carbocycles. The maximum Gasteiger partial charge on any atom is 0.407 e. The second-order valence-corrected chi connectivity index (χ2v) is 8.26. The standard InChI is InChI=1S/C21H32N2O4/c1-21(2,3)27-20(25)22-17-10-8-15-9-11-18(14-16(15)13-17)26-12-6-7-19(24)23(4)5/h9,11,14,17H,6-8,10,12-13H2,1-5H3,(H,22,25)/t17-/m0/s1.